The molecular formula is C13H20N2O2S. The largest absolute Gasteiger partial charge is 0.481 e. The molecule has 0 aliphatic carbocycles. The van der Waals surface area contributed by atoms with E-state index in [-0.39, 0.29) is 6.42 Å². The van der Waals surface area contributed by atoms with Crippen molar-refractivity contribution in [1.29, 1.82) is 0 Å². The van der Waals surface area contributed by atoms with E-state index in [2.05, 4.69) is 28.2 Å². The molecule has 1 aliphatic rings. The highest BCUT2D eigenvalue weighted by molar-refractivity contribution is 7.10. The van der Waals surface area contributed by atoms with Crippen molar-refractivity contribution in [2.75, 3.05) is 32.7 Å². The Labute approximate surface area is 112 Å². The smallest absolute Gasteiger partial charge is 0.304 e. The minimum absolute atomic E-state index is 0.254. The Hall–Kier alpha value is -0.910. The lowest BCUT2D eigenvalue weighted by Crippen LogP contribution is -2.46. The number of piperazine rings is 1. The molecule has 0 amide bonds. The number of carboxylic acid groups (broad SMARTS) is 1. The molecule has 1 aliphatic heterocycles. The lowest BCUT2D eigenvalue weighted by Gasteiger charge is -2.34. The van der Waals surface area contributed by atoms with Gasteiger partial charge in [0.1, 0.15) is 0 Å². The van der Waals surface area contributed by atoms with Crippen molar-refractivity contribution >= 4 is 17.3 Å². The monoisotopic (exact) mass is 268 g/mol. The highest BCUT2D eigenvalue weighted by Gasteiger charge is 2.18. The summed E-state index contributed by atoms with van der Waals surface area (Å²) in [7, 11) is 0. The van der Waals surface area contributed by atoms with Crippen molar-refractivity contribution in [3.8, 4) is 0 Å². The molecule has 0 unspecified atom stereocenters. The zero-order chi connectivity index (χ0) is 13.0. The summed E-state index contributed by atoms with van der Waals surface area (Å²) in [6, 6.07) is 2.17. The molecule has 0 atom stereocenters. The van der Waals surface area contributed by atoms with E-state index in [1.165, 1.54) is 10.4 Å². The van der Waals surface area contributed by atoms with Crippen LogP contribution in [0.25, 0.3) is 0 Å². The molecular weight excluding hydrogens is 248 g/mol. The summed E-state index contributed by atoms with van der Waals surface area (Å²) in [4.78, 5) is 16.7. The Morgan fingerprint density at radius 1 is 1.33 bits per heavy atom. The fourth-order valence-electron chi connectivity index (χ4n) is 2.19. The standard InChI is InChI=1S/C13H20N2O2S/c1-11-3-9-18-12(11)10-15-7-5-14(6-8-15)4-2-13(16)17/h3,9H,2,4-8,10H2,1H3,(H,16,17). The molecule has 0 saturated carbocycles. The molecule has 1 saturated heterocycles. The van der Waals surface area contributed by atoms with E-state index < -0.39 is 5.97 Å². The molecule has 1 N–H and O–H groups in total. The van der Waals surface area contributed by atoms with Gasteiger partial charge in [0.15, 0.2) is 0 Å². The van der Waals surface area contributed by atoms with E-state index in [1.54, 1.807) is 0 Å². The summed E-state index contributed by atoms with van der Waals surface area (Å²) >= 11 is 1.83. The normalized spacial score (nSPS) is 18.1. The SMILES string of the molecule is Cc1ccsc1CN1CCN(CCC(=O)O)CC1. The van der Waals surface area contributed by atoms with Crippen LogP contribution < -0.4 is 0 Å². The number of nitrogens with zero attached hydrogens (tertiary/aromatic N) is 2. The topological polar surface area (TPSA) is 43.8 Å². The first-order valence-corrected chi connectivity index (χ1v) is 7.22. The van der Waals surface area contributed by atoms with Gasteiger partial charge in [-0.05, 0) is 23.9 Å². The molecule has 2 rings (SSSR count). The van der Waals surface area contributed by atoms with Crippen molar-refractivity contribution in [3.05, 3.63) is 21.9 Å². The zero-order valence-corrected chi connectivity index (χ0v) is 11.6. The van der Waals surface area contributed by atoms with E-state index in [0.717, 1.165) is 32.7 Å². The van der Waals surface area contributed by atoms with Gasteiger partial charge in [-0.3, -0.25) is 9.69 Å². The first-order valence-electron chi connectivity index (χ1n) is 6.34. The van der Waals surface area contributed by atoms with Gasteiger partial charge in [0.25, 0.3) is 0 Å². The number of thiophene rings is 1. The molecule has 4 nitrogen and oxygen atoms in total. The van der Waals surface area contributed by atoms with Gasteiger partial charge in [-0.15, -0.1) is 11.3 Å². The third kappa shape index (κ3) is 3.80. The number of rotatable bonds is 5. The average Bonchev–Trinajstić information content (AvgIpc) is 2.74. The van der Waals surface area contributed by atoms with Crippen LogP contribution in [0, 0.1) is 6.92 Å². The maximum absolute atomic E-state index is 10.5. The van der Waals surface area contributed by atoms with Crippen molar-refractivity contribution < 1.29 is 9.90 Å². The van der Waals surface area contributed by atoms with E-state index >= 15 is 0 Å². The summed E-state index contributed by atoms with van der Waals surface area (Å²) in [5, 5.41) is 10.8. The molecule has 18 heavy (non-hydrogen) atoms. The van der Waals surface area contributed by atoms with Gasteiger partial charge in [-0.2, -0.15) is 0 Å². The van der Waals surface area contributed by atoms with Gasteiger partial charge in [0.2, 0.25) is 0 Å². The second-order valence-electron chi connectivity index (χ2n) is 4.79. The minimum Gasteiger partial charge on any atom is -0.481 e. The lowest BCUT2D eigenvalue weighted by molar-refractivity contribution is -0.137. The second kappa shape index (κ2) is 6.31. The van der Waals surface area contributed by atoms with Crippen LogP contribution in [0.3, 0.4) is 0 Å². The van der Waals surface area contributed by atoms with Crippen molar-refractivity contribution in [2.45, 2.75) is 19.9 Å². The van der Waals surface area contributed by atoms with Crippen LogP contribution in [0.2, 0.25) is 0 Å². The Morgan fingerprint density at radius 2 is 2.00 bits per heavy atom. The third-order valence-electron chi connectivity index (χ3n) is 3.44. The number of aryl methyl sites for hydroxylation is 1. The molecule has 1 aromatic heterocycles. The van der Waals surface area contributed by atoms with Crippen molar-refractivity contribution in [2.24, 2.45) is 0 Å². The van der Waals surface area contributed by atoms with E-state index in [9.17, 15) is 4.79 Å². The van der Waals surface area contributed by atoms with Crippen LogP contribution in [-0.4, -0.2) is 53.6 Å². The average molecular weight is 268 g/mol. The molecule has 0 spiro atoms. The van der Waals surface area contributed by atoms with Gasteiger partial charge in [0.05, 0.1) is 6.42 Å². The summed E-state index contributed by atoms with van der Waals surface area (Å²) in [5.74, 6) is -0.702. The van der Waals surface area contributed by atoms with Gasteiger partial charge in [0, 0.05) is 44.1 Å². The van der Waals surface area contributed by atoms with Crippen LogP contribution in [0.4, 0.5) is 0 Å². The van der Waals surface area contributed by atoms with Gasteiger partial charge < -0.3 is 10.0 Å². The van der Waals surface area contributed by atoms with Gasteiger partial charge in [-0.25, -0.2) is 0 Å². The zero-order valence-electron chi connectivity index (χ0n) is 10.8. The number of carboxylic acids is 1. The molecule has 5 heteroatoms. The first kappa shape index (κ1) is 13.5. The molecule has 0 bridgehead atoms. The Morgan fingerprint density at radius 3 is 2.56 bits per heavy atom. The van der Waals surface area contributed by atoms with E-state index in [1.807, 2.05) is 11.3 Å². The molecule has 100 valence electrons. The summed E-state index contributed by atoms with van der Waals surface area (Å²) in [6.45, 7) is 7.93. The second-order valence-corrected chi connectivity index (χ2v) is 5.79. The van der Waals surface area contributed by atoms with Crippen LogP contribution in [0.1, 0.15) is 16.9 Å². The highest BCUT2D eigenvalue weighted by Crippen LogP contribution is 2.18. The molecule has 2 heterocycles. The molecule has 1 aromatic rings. The van der Waals surface area contributed by atoms with Crippen LogP contribution in [0.15, 0.2) is 11.4 Å². The van der Waals surface area contributed by atoms with E-state index in [4.69, 9.17) is 5.11 Å². The van der Waals surface area contributed by atoms with Crippen molar-refractivity contribution in [3.63, 3.8) is 0 Å². The molecule has 0 radical (unpaired) electrons. The fraction of sp³-hybridized carbons (Fsp3) is 0.615. The van der Waals surface area contributed by atoms with Crippen molar-refractivity contribution in [1.82, 2.24) is 9.80 Å². The molecule has 1 fully saturated rings. The Bertz CT molecular complexity index is 397. The Kier molecular flexibility index (Phi) is 4.74. The van der Waals surface area contributed by atoms with Crippen LogP contribution in [0.5, 0.6) is 0 Å². The van der Waals surface area contributed by atoms with E-state index in [0.29, 0.717) is 6.54 Å². The Balaban J connectivity index is 1.73. The summed E-state index contributed by atoms with van der Waals surface area (Å²) in [6.07, 6.45) is 0.254. The number of hydrogen-bond donors (Lipinski definition) is 1. The predicted octanol–water partition coefficient (Wildman–Crippen LogP) is 1.65. The lowest BCUT2D eigenvalue weighted by atomic mass is 10.2. The van der Waals surface area contributed by atoms with Gasteiger partial charge in [-0.1, -0.05) is 0 Å². The number of hydrogen-bond acceptors (Lipinski definition) is 4. The highest BCUT2D eigenvalue weighted by atomic mass is 32.1. The third-order valence-corrected chi connectivity index (χ3v) is 4.45. The maximum Gasteiger partial charge on any atom is 0.304 e. The molecule has 0 aromatic carbocycles. The first-order chi connectivity index (χ1) is 8.65. The quantitative estimate of drug-likeness (QED) is 0.882. The van der Waals surface area contributed by atoms with Gasteiger partial charge >= 0.3 is 5.97 Å². The minimum atomic E-state index is -0.702. The number of carbonyl (C=O) groups is 1. The number of aliphatic carboxylic acids is 1. The van der Waals surface area contributed by atoms with Crippen LogP contribution >= 0.6 is 11.3 Å². The predicted molar refractivity (Wildman–Crippen MR) is 73.0 cm³/mol. The summed E-state index contributed by atoms with van der Waals surface area (Å²) in [5.41, 5.74) is 1.38. The maximum atomic E-state index is 10.5. The fourth-order valence-corrected chi connectivity index (χ4v) is 3.14. The summed E-state index contributed by atoms with van der Waals surface area (Å²) < 4.78 is 0. The van der Waals surface area contributed by atoms with Crippen LogP contribution in [-0.2, 0) is 11.3 Å².